The van der Waals surface area contributed by atoms with Gasteiger partial charge in [-0.05, 0) is 37.6 Å². The highest BCUT2D eigenvalue weighted by Crippen LogP contribution is 2.43. The highest BCUT2D eigenvalue weighted by Gasteiger charge is 2.36. The Kier molecular flexibility index (Phi) is 5.17. The fourth-order valence-electron chi connectivity index (χ4n) is 2.55. The molecule has 0 radical (unpaired) electrons. The first kappa shape index (κ1) is 15.0. The van der Waals surface area contributed by atoms with Gasteiger partial charge in [0.15, 0.2) is 0 Å². The second-order valence-corrected chi connectivity index (χ2v) is 5.44. The molecule has 1 aliphatic carbocycles. The maximum absolute atomic E-state index is 5.41. The van der Waals surface area contributed by atoms with Crippen LogP contribution < -0.4 is 14.8 Å². The molecule has 0 aromatic carbocycles. The SMILES string of the molecule is CCCNC(c1ncc(OC)nc1OC)C(C)C1CC1. The lowest BCUT2D eigenvalue weighted by molar-refractivity contribution is 0.311. The quantitative estimate of drug-likeness (QED) is 0.792. The fourth-order valence-corrected chi connectivity index (χ4v) is 2.55. The standard InChI is InChI=1S/C15H25N3O2/c1-5-8-16-13(10(2)11-6-7-11)14-15(20-4)18-12(19-3)9-17-14/h9-11,13,16H,5-8H2,1-4H3. The van der Waals surface area contributed by atoms with Gasteiger partial charge in [-0.1, -0.05) is 13.8 Å². The molecule has 0 bridgehead atoms. The van der Waals surface area contributed by atoms with Crippen molar-refractivity contribution in [2.75, 3.05) is 20.8 Å². The van der Waals surface area contributed by atoms with Crippen molar-refractivity contribution in [2.24, 2.45) is 11.8 Å². The van der Waals surface area contributed by atoms with E-state index in [1.54, 1.807) is 20.4 Å². The minimum Gasteiger partial charge on any atom is -0.480 e. The Morgan fingerprint density at radius 2 is 2.10 bits per heavy atom. The monoisotopic (exact) mass is 279 g/mol. The Labute approximate surface area is 121 Å². The second kappa shape index (κ2) is 6.88. The highest BCUT2D eigenvalue weighted by atomic mass is 16.5. The molecule has 1 aromatic rings. The van der Waals surface area contributed by atoms with E-state index in [1.165, 1.54) is 12.8 Å². The highest BCUT2D eigenvalue weighted by molar-refractivity contribution is 5.26. The predicted octanol–water partition coefficient (Wildman–Crippen LogP) is 2.58. The first-order valence-corrected chi connectivity index (χ1v) is 7.39. The Hall–Kier alpha value is -1.36. The van der Waals surface area contributed by atoms with Gasteiger partial charge in [0.05, 0.1) is 26.5 Å². The van der Waals surface area contributed by atoms with Crippen molar-refractivity contribution < 1.29 is 9.47 Å². The molecular weight excluding hydrogens is 254 g/mol. The average molecular weight is 279 g/mol. The Bertz CT molecular complexity index is 435. The molecule has 0 saturated heterocycles. The van der Waals surface area contributed by atoms with Gasteiger partial charge in [-0.2, -0.15) is 4.98 Å². The molecule has 1 aromatic heterocycles. The maximum atomic E-state index is 5.41. The van der Waals surface area contributed by atoms with E-state index in [-0.39, 0.29) is 6.04 Å². The van der Waals surface area contributed by atoms with Crippen LogP contribution in [0.4, 0.5) is 0 Å². The van der Waals surface area contributed by atoms with E-state index >= 15 is 0 Å². The van der Waals surface area contributed by atoms with E-state index < -0.39 is 0 Å². The van der Waals surface area contributed by atoms with Gasteiger partial charge in [0, 0.05) is 0 Å². The van der Waals surface area contributed by atoms with Crippen molar-refractivity contribution in [3.05, 3.63) is 11.9 Å². The third-order valence-electron chi connectivity index (χ3n) is 3.95. The summed E-state index contributed by atoms with van der Waals surface area (Å²) in [7, 11) is 3.22. The van der Waals surface area contributed by atoms with Crippen LogP contribution in [0.15, 0.2) is 6.20 Å². The smallest absolute Gasteiger partial charge is 0.240 e. The molecule has 0 aliphatic heterocycles. The van der Waals surface area contributed by atoms with Crippen LogP contribution in [0, 0.1) is 11.8 Å². The topological polar surface area (TPSA) is 56.3 Å². The third kappa shape index (κ3) is 3.39. The number of hydrogen-bond donors (Lipinski definition) is 1. The summed E-state index contributed by atoms with van der Waals surface area (Å²) >= 11 is 0. The van der Waals surface area contributed by atoms with Crippen molar-refractivity contribution in [2.45, 2.75) is 39.2 Å². The summed E-state index contributed by atoms with van der Waals surface area (Å²) < 4.78 is 10.5. The molecule has 1 aliphatic rings. The average Bonchev–Trinajstić information content (AvgIpc) is 3.32. The number of nitrogens with zero attached hydrogens (tertiary/aromatic N) is 2. The molecule has 1 heterocycles. The zero-order valence-corrected chi connectivity index (χ0v) is 12.8. The van der Waals surface area contributed by atoms with E-state index in [4.69, 9.17) is 9.47 Å². The molecule has 0 amide bonds. The lowest BCUT2D eigenvalue weighted by atomic mass is 9.93. The summed E-state index contributed by atoms with van der Waals surface area (Å²) in [6.07, 6.45) is 5.40. The van der Waals surface area contributed by atoms with Crippen LogP contribution in [0.5, 0.6) is 11.8 Å². The second-order valence-electron chi connectivity index (χ2n) is 5.44. The van der Waals surface area contributed by atoms with Gasteiger partial charge in [-0.3, -0.25) is 0 Å². The molecular formula is C15H25N3O2. The lowest BCUT2D eigenvalue weighted by Crippen LogP contribution is -2.30. The molecule has 1 fully saturated rings. The summed E-state index contributed by atoms with van der Waals surface area (Å²) in [5.74, 6) is 2.38. The third-order valence-corrected chi connectivity index (χ3v) is 3.95. The number of methoxy groups -OCH3 is 2. The fraction of sp³-hybridized carbons (Fsp3) is 0.733. The zero-order chi connectivity index (χ0) is 14.5. The van der Waals surface area contributed by atoms with Gasteiger partial charge in [0.25, 0.3) is 0 Å². The number of aromatic nitrogens is 2. The van der Waals surface area contributed by atoms with Gasteiger partial charge in [-0.25, -0.2) is 4.98 Å². The molecule has 20 heavy (non-hydrogen) atoms. The zero-order valence-electron chi connectivity index (χ0n) is 12.8. The van der Waals surface area contributed by atoms with Crippen molar-refractivity contribution in [1.82, 2.24) is 15.3 Å². The van der Waals surface area contributed by atoms with Crippen molar-refractivity contribution in [3.63, 3.8) is 0 Å². The van der Waals surface area contributed by atoms with Gasteiger partial charge in [0.1, 0.15) is 5.69 Å². The van der Waals surface area contributed by atoms with Gasteiger partial charge >= 0.3 is 0 Å². The van der Waals surface area contributed by atoms with Crippen LogP contribution in [0.3, 0.4) is 0 Å². The summed E-state index contributed by atoms with van der Waals surface area (Å²) in [6.45, 7) is 5.43. The summed E-state index contributed by atoms with van der Waals surface area (Å²) in [5.41, 5.74) is 0.890. The molecule has 112 valence electrons. The lowest BCUT2D eigenvalue weighted by Gasteiger charge is -2.25. The molecule has 2 unspecified atom stereocenters. The summed E-state index contributed by atoms with van der Waals surface area (Å²) in [6, 6.07) is 0.191. The van der Waals surface area contributed by atoms with Crippen LogP contribution in [-0.2, 0) is 0 Å². The van der Waals surface area contributed by atoms with E-state index in [2.05, 4.69) is 29.1 Å². The molecule has 5 heteroatoms. The van der Waals surface area contributed by atoms with Crippen molar-refractivity contribution in [1.29, 1.82) is 0 Å². The van der Waals surface area contributed by atoms with E-state index in [0.29, 0.717) is 17.7 Å². The first-order valence-electron chi connectivity index (χ1n) is 7.39. The van der Waals surface area contributed by atoms with Crippen LogP contribution in [0.2, 0.25) is 0 Å². The van der Waals surface area contributed by atoms with Gasteiger partial charge < -0.3 is 14.8 Å². The maximum Gasteiger partial charge on any atom is 0.240 e. The van der Waals surface area contributed by atoms with Crippen LogP contribution >= 0.6 is 0 Å². The molecule has 1 N–H and O–H groups in total. The van der Waals surface area contributed by atoms with Crippen molar-refractivity contribution in [3.8, 4) is 11.8 Å². The van der Waals surface area contributed by atoms with E-state index in [0.717, 1.165) is 24.6 Å². The largest absolute Gasteiger partial charge is 0.480 e. The number of ether oxygens (including phenoxy) is 2. The van der Waals surface area contributed by atoms with E-state index in [9.17, 15) is 0 Å². The van der Waals surface area contributed by atoms with Crippen LogP contribution in [-0.4, -0.2) is 30.7 Å². The Balaban J connectivity index is 2.26. The molecule has 2 atom stereocenters. The normalized spacial score (nSPS) is 17.6. The number of rotatable bonds is 8. The predicted molar refractivity (Wildman–Crippen MR) is 78.1 cm³/mol. The molecule has 0 spiro atoms. The van der Waals surface area contributed by atoms with E-state index in [1.807, 2.05) is 0 Å². The summed E-state index contributed by atoms with van der Waals surface area (Å²) in [4.78, 5) is 8.88. The molecule has 5 nitrogen and oxygen atoms in total. The minimum atomic E-state index is 0.191. The minimum absolute atomic E-state index is 0.191. The van der Waals surface area contributed by atoms with Gasteiger partial charge in [-0.15, -0.1) is 0 Å². The molecule has 1 saturated carbocycles. The Morgan fingerprint density at radius 3 is 2.65 bits per heavy atom. The number of nitrogens with one attached hydrogen (secondary N) is 1. The van der Waals surface area contributed by atoms with Crippen molar-refractivity contribution >= 4 is 0 Å². The van der Waals surface area contributed by atoms with Crippen LogP contribution in [0.25, 0.3) is 0 Å². The van der Waals surface area contributed by atoms with Crippen LogP contribution in [0.1, 0.15) is 44.8 Å². The Morgan fingerprint density at radius 1 is 1.35 bits per heavy atom. The summed E-state index contributed by atoms with van der Waals surface area (Å²) in [5, 5.41) is 3.60. The number of hydrogen-bond acceptors (Lipinski definition) is 5. The first-order chi connectivity index (χ1) is 9.71. The molecule has 2 rings (SSSR count). The van der Waals surface area contributed by atoms with Gasteiger partial charge in [0.2, 0.25) is 11.8 Å².